The van der Waals surface area contributed by atoms with Gasteiger partial charge in [0, 0.05) is 5.56 Å². The molecule has 1 heterocycles. The summed E-state index contributed by atoms with van der Waals surface area (Å²) in [6.07, 6.45) is 4.91. The van der Waals surface area contributed by atoms with E-state index in [1.165, 1.54) is 0 Å². The molecule has 0 spiro atoms. The molecule has 3 heteroatoms. The van der Waals surface area contributed by atoms with Gasteiger partial charge in [0.05, 0.1) is 6.04 Å². The first-order chi connectivity index (χ1) is 7.53. The van der Waals surface area contributed by atoms with Crippen LogP contribution in [0.15, 0.2) is 24.3 Å². The number of cyclic esters (lactones) is 1. The van der Waals surface area contributed by atoms with E-state index < -0.39 is 5.60 Å². The molecule has 82 valence electrons. The second kappa shape index (κ2) is 3.57. The molecule has 0 aromatic heterocycles. The third-order valence-electron chi connectivity index (χ3n) is 2.72. The molecule has 1 aromatic rings. The highest BCUT2D eigenvalue weighted by molar-refractivity contribution is 5.71. The highest BCUT2D eigenvalue weighted by Gasteiger charge is 2.42. The lowest BCUT2D eigenvalue weighted by atomic mass is 9.92. The average Bonchev–Trinajstić information content (AvgIpc) is 2.52. The molecule has 0 aliphatic carbocycles. The predicted molar refractivity (Wildman–Crippen MR) is 60.8 cm³/mol. The van der Waals surface area contributed by atoms with Gasteiger partial charge in [-0.2, -0.15) is 0 Å². The molecule has 1 aromatic carbocycles. The molecule has 1 amide bonds. The number of hydrogen-bond donors (Lipinski definition) is 1. The van der Waals surface area contributed by atoms with E-state index >= 15 is 0 Å². The molecule has 1 N–H and O–H groups in total. The van der Waals surface area contributed by atoms with Crippen molar-refractivity contribution in [2.24, 2.45) is 0 Å². The molecule has 0 radical (unpaired) electrons. The van der Waals surface area contributed by atoms with E-state index in [0.717, 1.165) is 11.1 Å². The van der Waals surface area contributed by atoms with Crippen LogP contribution in [0.1, 0.15) is 31.0 Å². The van der Waals surface area contributed by atoms with Crippen LogP contribution in [0.3, 0.4) is 0 Å². The highest BCUT2D eigenvalue weighted by atomic mass is 16.6. The molecule has 2 rings (SSSR count). The molecule has 1 aliphatic rings. The first-order valence-corrected chi connectivity index (χ1v) is 5.09. The number of hydrogen-bond acceptors (Lipinski definition) is 2. The Hall–Kier alpha value is -1.95. The Morgan fingerprint density at radius 2 is 2.00 bits per heavy atom. The number of nitrogens with one attached hydrogen (secondary N) is 1. The van der Waals surface area contributed by atoms with Crippen molar-refractivity contribution < 1.29 is 9.53 Å². The van der Waals surface area contributed by atoms with Crippen molar-refractivity contribution in [3.63, 3.8) is 0 Å². The van der Waals surface area contributed by atoms with Crippen LogP contribution in [0.2, 0.25) is 0 Å². The van der Waals surface area contributed by atoms with Crippen molar-refractivity contribution in [1.29, 1.82) is 0 Å². The van der Waals surface area contributed by atoms with Gasteiger partial charge in [0.25, 0.3) is 0 Å². The lowest BCUT2D eigenvalue weighted by Gasteiger charge is -2.23. The zero-order valence-electron chi connectivity index (χ0n) is 9.28. The largest absolute Gasteiger partial charge is 0.441 e. The maximum Gasteiger partial charge on any atom is 0.408 e. The van der Waals surface area contributed by atoms with E-state index in [9.17, 15) is 4.79 Å². The molecule has 0 bridgehead atoms. The van der Waals surface area contributed by atoms with Crippen LogP contribution in [0.5, 0.6) is 0 Å². The van der Waals surface area contributed by atoms with Gasteiger partial charge in [-0.05, 0) is 31.5 Å². The SMILES string of the molecule is C#Cc1ccc(C2NC(=O)OC2(C)C)cc1. The topological polar surface area (TPSA) is 38.3 Å². The average molecular weight is 215 g/mol. The van der Waals surface area contributed by atoms with Crippen molar-refractivity contribution in [3.05, 3.63) is 35.4 Å². The normalized spacial score (nSPS) is 22.1. The van der Waals surface area contributed by atoms with Gasteiger partial charge < -0.3 is 10.1 Å². The van der Waals surface area contributed by atoms with Crippen molar-refractivity contribution in [2.75, 3.05) is 0 Å². The number of amides is 1. The number of terminal acetylenes is 1. The van der Waals surface area contributed by atoms with Crippen LogP contribution >= 0.6 is 0 Å². The molecule has 3 nitrogen and oxygen atoms in total. The zero-order valence-corrected chi connectivity index (χ0v) is 9.28. The van der Waals surface area contributed by atoms with Crippen molar-refractivity contribution in [2.45, 2.75) is 25.5 Å². The van der Waals surface area contributed by atoms with E-state index in [1.807, 2.05) is 38.1 Å². The maximum absolute atomic E-state index is 11.2. The molecular formula is C13H13NO2. The highest BCUT2D eigenvalue weighted by Crippen LogP contribution is 2.33. The summed E-state index contributed by atoms with van der Waals surface area (Å²) in [6, 6.07) is 7.41. The summed E-state index contributed by atoms with van der Waals surface area (Å²) in [5.74, 6) is 2.56. The van der Waals surface area contributed by atoms with Gasteiger partial charge in [-0.3, -0.25) is 0 Å². The van der Waals surface area contributed by atoms with Gasteiger partial charge in [0.2, 0.25) is 0 Å². The van der Waals surface area contributed by atoms with E-state index in [1.54, 1.807) is 0 Å². The molecule has 16 heavy (non-hydrogen) atoms. The molecule has 1 fully saturated rings. The van der Waals surface area contributed by atoms with Crippen LogP contribution in [0.4, 0.5) is 4.79 Å². The van der Waals surface area contributed by atoms with E-state index in [0.29, 0.717) is 0 Å². The van der Waals surface area contributed by atoms with E-state index in [4.69, 9.17) is 11.2 Å². The molecule has 0 saturated carbocycles. The Morgan fingerprint density at radius 3 is 2.44 bits per heavy atom. The smallest absolute Gasteiger partial charge is 0.408 e. The summed E-state index contributed by atoms with van der Waals surface area (Å²) in [4.78, 5) is 11.2. The third kappa shape index (κ3) is 1.74. The number of carbonyl (C=O) groups excluding carboxylic acids is 1. The van der Waals surface area contributed by atoms with Gasteiger partial charge in [0.1, 0.15) is 5.60 Å². The van der Waals surface area contributed by atoms with Crippen LogP contribution in [0, 0.1) is 12.3 Å². The van der Waals surface area contributed by atoms with Gasteiger partial charge in [-0.15, -0.1) is 6.42 Å². The quantitative estimate of drug-likeness (QED) is 0.729. The predicted octanol–water partition coefficient (Wildman–Crippen LogP) is 2.23. The first-order valence-electron chi connectivity index (χ1n) is 5.09. The number of benzene rings is 1. The lowest BCUT2D eigenvalue weighted by molar-refractivity contribution is 0.0684. The summed E-state index contributed by atoms with van der Waals surface area (Å²) in [5.41, 5.74) is 1.29. The lowest BCUT2D eigenvalue weighted by Crippen LogP contribution is -2.30. The number of alkyl carbamates (subject to hydrolysis) is 1. The van der Waals surface area contributed by atoms with Crippen LogP contribution < -0.4 is 5.32 Å². The first kappa shape index (κ1) is 10.6. The van der Waals surface area contributed by atoms with Crippen LogP contribution in [-0.2, 0) is 4.74 Å². The zero-order chi connectivity index (χ0) is 11.8. The number of rotatable bonds is 1. The summed E-state index contributed by atoms with van der Waals surface area (Å²) in [7, 11) is 0. The number of ether oxygens (including phenoxy) is 1. The fraction of sp³-hybridized carbons (Fsp3) is 0.308. The van der Waals surface area contributed by atoms with Crippen LogP contribution in [-0.4, -0.2) is 11.7 Å². The van der Waals surface area contributed by atoms with Gasteiger partial charge in [-0.1, -0.05) is 18.1 Å². The molecule has 1 saturated heterocycles. The second-order valence-corrected chi connectivity index (χ2v) is 4.34. The van der Waals surface area contributed by atoms with Gasteiger partial charge in [0.15, 0.2) is 0 Å². The Kier molecular flexibility index (Phi) is 2.35. The molecule has 1 atom stereocenters. The molecule has 1 unspecified atom stereocenters. The second-order valence-electron chi connectivity index (χ2n) is 4.34. The molecule has 1 aliphatic heterocycles. The third-order valence-corrected chi connectivity index (χ3v) is 2.72. The monoisotopic (exact) mass is 215 g/mol. The maximum atomic E-state index is 11.2. The van der Waals surface area contributed by atoms with Crippen molar-refractivity contribution in [1.82, 2.24) is 5.32 Å². The number of carbonyl (C=O) groups is 1. The fourth-order valence-electron chi connectivity index (χ4n) is 1.88. The van der Waals surface area contributed by atoms with E-state index in [-0.39, 0.29) is 12.1 Å². The minimum atomic E-state index is -0.533. The van der Waals surface area contributed by atoms with Gasteiger partial charge in [-0.25, -0.2) is 4.79 Å². The molecular weight excluding hydrogens is 202 g/mol. The summed E-state index contributed by atoms with van der Waals surface area (Å²) >= 11 is 0. The summed E-state index contributed by atoms with van der Waals surface area (Å²) in [6.45, 7) is 3.76. The van der Waals surface area contributed by atoms with Crippen LogP contribution in [0.25, 0.3) is 0 Å². The Bertz CT molecular complexity index is 454. The summed E-state index contributed by atoms with van der Waals surface area (Å²) < 4.78 is 5.18. The summed E-state index contributed by atoms with van der Waals surface area (Å²) in [5, 5.41) is 2.79. The minimum Gasteiger partial charge on any atom is -0.441 e. The Balaban J connectivity index is 2.31. The van der Waals surface area contributed by atoms with Crippen molar-refractivity contribution >= 4 is 6.09 Å². The van der Waals surface area contributed by atoms with Crippen molar-refractivity contribution in [3.8, 4) is 12.3 Å². The fourth-order valence-corrected chi connectivity index (χ4v) is 1.88. The minimum absolute atomic E-state index is 0.133. The Morgan fingerprint density at radius 1 is 1.38 bits per heavy atom. The van der Waals surface area contributed by atoms with Gasteiger partial charge >= 0.3 is 6.09 Å². The standard InChI is InChI=1S/C13H13NO2/c1-4-9-5-7-10(8-6-9)11-13(2,3)16-12(15)14-11/h1,5-8,11H,2-3H3,(H,14,15). The Labute approximate surface area is 94.8 Å². The van der Waals surface area contributed by atoms with E-state index in [2.05, 4.69) is 11.2 Å².